The van der Waals surface area contributed by atoms with Crippen molar-refractivity contribution in [1.29, 1.82) is 0 Å². The van der Waals surface area contributed by atoms with Crippen LogP contribution in [0.3, 0.4) is 0 Å². The first-order chi connectivity index (χ1) is 10.8. The van der Waals surface area contributed by atoms with Crippen LogP contribution >= 0.6 is 11.8 Å². The average Bonchev–Trinajstić information content (AvgIpc) is 3.23. The highest BCUT2D eigenvalue weighted by atomic mass is 32.2. The first-order valence-electron chi connectivity index (χ1n) is 7.51. The summed E-state index contributed by atoms with van der Waals surface area (Å²) in [7, 11) is 0. The van der Waals surface area contributed by atoms with E-state index in [2.05, 4.69) is 25.5 Å². The van der Waals surface area contributed by atoms with Crippen molar-refractivity contribution in [2.45, 2.75) is 18.9 Å². The number of carbonyl (C=O) groups excluding carboxylic acids is 1. The van der Waals surface area contributed by atoms with Gasteiger partial charge in [-0.15, -0.1) is 14.8 Å². The normalized spacial score (nSPS) is 22.5. The molecule has 2 aromatic rings. The molecule has 116 valence electrons. The fourth-order valence-electron chi connectivity index (χ4n) is 3.09. The summed E-state index contributed by atoms with van der Waals surface area (Å²) in [6.07, 6.45) is 1.89. The number of anilines is 1. The Kier molecular flexibility index (Phi) is 3.57. The SMILES string of the molecule is O=C(C1CCCN1c1ccc2nnnn2n1)N1CCSCC1. The van der Waals surface area contributed by atoms with Gasteiger partial charge in [0.1, 0.15) is 6.04 Å². The molecule has 1 amide bonds. The predicted octanol–water partition coefficient (Wildman–Crippen LogP) is 0.0635. The smallest absolute Gasteiger partial charge is 0.245 e. The van der Waals surface area contributed by atoms with Gasteiger partial charge < -0.3 is 9.80 Å². The second kappa shape index (κ2) is 5.71. The minimum atomic E-state index is -0.107. The first-order valence-corrected chi connectivity index (χ1v) is 8.67. The molecular formula is C13H17N7OS. The third-order valence-corrected chi connectivity index (χ3v) is 5.15. The van der Waals surface area contributed by atoms with Crippen molar-refractivity contribution in [2.24, 2.45) is 0 Å². The zero-order chi connectivity index (χ0) is 14.9. The fraction of sp³-hybridized carbons (Fsp3) is 0.615. The molecule has 4 rings (SSSR count). The van der Waals surface area contributed by atoms with Crippen LogP contribution in [0.4, 0.5) is 5.82 Å². The molecule has 2 aliphatic rings. The Morgan fingerprint density at radius 1 is 1.23 bits per heavy atom. The second-order valence-electron chi connectivity index (χ2n) is 5.51. The lowest BCUT2D eigenvalue weighted by Crippen LogP contribution is -2.48. The predicted molar refractivity (Wildman–Crippen MR) is 82.9 cm³/mol. The van der Waals surface area contributed by atoms with E-state index in [-0.39, 0.29) is 11.9 Å². The highest BCUT2D eigenvalue weighted by Crippen LogP contribution is 2.26. The van der Waals surface area contributed by atoms with Crippen LogP contribution in [-0.2, 0) is 4.79 Å². The van der Waals surface area contributed by atoms with Crippen LogP contribution in [0, 0.1) is 0 Å². The lowest BCUT2D eigenvalue weighted by Gasteiger charge is -2.32. The molecule has 1 unspecified atom stereocenters. The number of thioether (sulfide) groups is 1. The molecule has 2 aliphatic heterocycles. The quantitative estimate of drug-likeness (QED) is 0.774. The van der Waals surface area contributed by atoms with Gasteiger partial charge in [0.15, 0.2) is 11.5 Å². The minimum absolute atomic E-state index is 0.107. The number of aromatic nitrogens is 5. The van der Waals surface area contributed by atoms with E-state index in [1.807, 2.05) is 28.8 Å². The molecule has 0 bridgehead atoms. The summed E-state index contributed by atoms with van der Waals surface area (Å²) in [6.45, 7) is 2.56. The van der Waals surface area contributed by atoms with Crippen LogP contribution < -0.4 is 4.90 Å². The number of hydrogen-bond donors (Lipinski definition) is 0. The van der Waals surface area contributed by atoms with E-state index in [0.717, 1.165) is 49.8 Å². The van der Waals surface area contributed by atoms with Gasteiger partial charge in [0, 0.05) is 31.1 Å². The number of nitrogens with zero attached hydrogens (tertiary/aromatic N) is 7. The van der Waals surface area contributed by atoms with Crippen molar-refractivity contribution in [3.63, 3.8) is 0 Å². The highest BCUT2D eigenvalue weighted by molar-refractivity contribution is 7.99. The van der Waals surface area contributed by atoms with Crippen molar-refractivity contribution < 1.29 is 4.79 Å². The van der Waals surface area contributed by atoms with Gasteiger partial charge in [-0.25, -0.2) is 0 Å². The van der Waals surface area contributed by atoms with E-state index in [0.29, 0.717) is 5.65 Å². The molecule has 22 heavy (non-hydrogen) atoms. The van der Waals surface area contributed by atoms with Gasteiger partial charge in [-0.2, -0.15) is 11.8 Å². The van der Waals surface area contributed by atoms with E-state index in [4.69, 9.17) is 0 Å². The Morgan fingerprint density at radius 3 is 2.95 bits per heavy atom. The Hall–Kier alpha value is -1.90. The summed E-state index contributed by atoms with van der Waals surface area (Å²) < 4.78 is 1.41. The maximum Gasteiger partial charge on any atom is 0.245 e. The molecule has 1 atom stereocenters. The summed E-state index contributed by atoms with van der Waals surface area (Å²) in [6, 6.07) is 3.62. The third kappa shape index (κ3) is 2.39. The Bertz CT molecular complexity index is 684. The number of tetrazole rings is 1. The van der Waals surface area contributed by atoms with E-state index in [1.165, 1.54) is 4.63 Å². The Labute approximate surface area is 131 Å². The zero-order valence-corrected chi connectivity index (χ0v) is 12.9. The molecule has 8 nitrogen and oxygen atoms in total. The van der Waals surface area contributed by atoms with Crippen LogP contribution in [0.25, 0.3) is 5.65 Å². The van der Waals surface area contributed by atoms with Gasteiger partial charge in [-0.05, 0) is 35.4 Å². The molecule has 2 saturated heterocycles. The van der Waals surface area contributed by atoms with Gasteiger partial charge >= 0.3 is 0 Å². The van der Waals surface area contributed by atoms with Crippen LogP contribution in [0.5, 0.6) is 0 Å². The standard InChI is InChI=1S/C13H17N7OS/c21-13(18-6-8-22-9-7-18)10-2-1-5-19(10)12-4-3-11-14-16-17-20(11)15-12/h3-4,10H,1-2,5-9H2. The second-order valence-corrected chi connectivity index (χ2v) is 6.73. The molecule has 0 radical (unpaired) electrons. The molecular weight excluding hydrogens is 302 g/mol. The average molecular weight is 319 g/mol. The summed E-state index contributed by atoms with van der Waals surface area (Å²) >= 11 is 1.91. The minimum Gasteiger partial charge on any atom is -0.343 e. The summed E-state index contributed by atoms with van der Waals surface area (Å²) in [5.41, 5.74) is 0.610. The molecule has 9 heteroatoms. The summed E-state index contributed by atoms with van der Waals surface area (Å²) in [4.78, 5) is 16.9. The fourth-order valence-corrected chi connectivity index (χ4v) is 3.99. The van der Waals surface area contributed by atoms with Crippen molar-refractivity contribution >= 4 is 29.1 Å². The van der Waals surface area contributed by atoms with Gasteiger partial charge in [0.05, 0.1) is 0 Å². The molecule has 4 heterocycles. The monoisotopic (exact) mass is 319 g/mol. The maximum absolute atomic E-state index is 12.8. The summed E-state index contributed by atoms with van der Waals surface area (Å²) in [5, 5.41) is 15.7. The van der Waals surface area contributed by atoms with Gasteiger partial charge in [0.25, 0.3) is 0 Å². The molecule has 2 aromatic heterocycles. The lowest BCUT2D eigenvalue weighted by atomic mass is 10.2. The summed E-state index contributed by atoms with van der Waals surface area (Å²) in [5.74, 6) is 3.07. The first kappa shape index (κ1) is 13.7. The molecule has 0 saturated carbocycles. The van der Waals surface area contributed by atoms with E-state index in [1.54, 1.807) is 0 Å². The maximum atomic E-state index is 12.8. The van der Waals surface area contributed by atoms with E-state index >= 15 is 0 Å². The van der Waals surface area contributed by atoms with Crippen LogP contribution in [0.1, 0.15) is 12.8 Å². The molecule has 2 fully saturated rings. The third-order valence-electron chi connectivity index (χ3n) is 4.21. The molecule has 0 aromatic carbocycles. The number of rotatable bonds is 2. The van der Waals surface area contributed by atoms with Gasteiger partial charge in [0.2, 0.25) is 5.91 Å². The van der Waals surface area contributed by atoms with E-state index < -0.39 is 0 Å². The zero-order valence-electron chi connectivity index (χ0n) is 12.1. The highest BCUT2D eigenvalue weighted by Gasteiger charge is 2.35. The van der Waals surface area contributed by atoms with Crippen LogP contribution in [-0.4, -0.2) is 73.2 Å². The molecule has 0 N–H and O–H groups in total. The number of fused-ring (bicyclic) bond motifs is 1. The molecule has 0 spiro atoms. The van der Waals surface area contributed by atoms with Crippen molar-refractivity contribution in [3.8, 4) is 0 Å². The number of hydrogen-bond acceptors (Lipinski definition) is 7. The Balaban J connectivity index is 1.58. The van der Waals surface area contributed by atoms with Gasteiger partial charge in [-0.3, -0.25) is 4.79 Å². The molecule has 0 aliphatic carbocycles. The van der Waals surface area contributed by atoms with Crippen molar-refractivity contribution in [1.82, 2.24) is 30.2 Å². The topological polar surface area (TPSA) is 79.5 Å². The number of amides is 1. The van der Waals surface area contributed by atoms with Crippen LogP contribution in [0.15, 0.2) is 12.1 Å². The van der Waals surface area contributed by atoms with Crippen molar-refractivity contribution in [2.75, 3.05) is 36.0 Å². The Morgan fingerprint density at radius 2 is 2.09 bits per heavy atom. The van der Waals surface area contributed by atoms with Crippen molar-refractivity contribution in [3.05, 3.63) is 12.1 Å². The lowest BCUT2D eigenvalue weighted by molar-refractivity contribution is -0.132. The largest absolute Gasteiger partial charge is 0.343 e. The number of carbonyl (C=O) groups is 1. The van der Waals surface area contributed by atoms with Crippen LogP contribution in [0.2, 0.25) is 0 Å². The van der Waals surface area contributed by atoms with Gasteiger partial charge in [-0.1, -0.05) is 0 Å². The van der Waals surface area contributed by atoms with E-state index in [9.17, 15) is 4.79 Å².